The van der Waals surface area contributed by atoms with Crippen molar-refractivity contribution in [3.8, 4) is 0 Å². The zero-order valence-corrected chi connectivity index (χ0v) is 51.2. The molecule has 17 atom stereocenters. The molecule has 0 saturated heterocycles. The van der Waals surface area contributed by atoms with Crippen molar-refractivity contribution < 1.29 is 148 Å². The topological polar surface area (TPSA) is 211 Å². The van der Waals surface area contributed by atoms with Gasteiger partial charge in [-0.05, 0) is 132 Å². The summed E-state index contributed by atoms with van der Waals surface area (Å²) in [5, 5.41) is 83.8. The summed E-state index contributed by atoms with van der Waals surface area (Å²) in [5.41, 5.74) is 0. The van der Waals surface area contributed by atoms with Gasteiger partial charge in [0.2, 0.25) is 0 Å². The number of aliphatic hydroxyl groups is 3. The quantitative estimate of drug-likeness (QED) is 0.0209. The van der Waals surface area contributed by atoms with Gasteiger partial charge in [-0.3, -0.25) is 17.1 Å². The van der Waals surface area contributed by atoms with E-state index in [1.54, 1.807) is 0 Å². The van der Waals surface area contributed by atoms with Crippen molar-refractivity contribution in [2.45, 2.75) is 240 Å². The second-order valence-electron chi connectivity index (χ2n) is 21.3. The van der Waals surface area contributed by atoms with Gasteiger partial charge in [0.05, 0.1) is 36.4 Å². The van der Waals surface area contributed by atoms with Crippen molar-refractivity contribution in [1.82, 2.24) is 10.6 Å². The van der Waals surface area contributed by atoms with Gasteiger partial charge in [0, 0.05) is 18.1 Å². The van der Waals surface area contributed by atoms with Crippen LogP contribution < -0.4 is 129 Å². The van der Waals surface area contributed by atoms with Crippen molar-refractivity contribution in [1.29, 1.82) is 0 Å². The van der Waals surface area contributed by atoms with Gasteiger partial charge in [-0.2, -0.15) is 56.4 Å². The average molecular weight is 1000 g/mol. The number of azo groups is 4. The summed E-state index contributed by atoms with van der Waals surface area (Å²) in [7, 11) is 0. The molecule has 0 spiro atoms. The third-order valence-electron chi connectivity index (χ3n) is 16.7. The van der Waals surface area contributed by atoms with Gasteiger partial charge in [-0.1, -0.05) is 50.1 Å². The Morgan fingerprint density at radius 2 is 1.19 bits per heavy atom. The molecule has 8 rings (SSSR count). The Balaban J connectivity index is 0.00000252. The van der Waals surface area contributed by atoms with E-state index in [1.807, 2.05) is 0 Å². The van der Waals surface area contributed by atoms with Crippen LogP contribution in [0, 0.1) is 54.8 Å². The molecule has 16 nitrogen and oxygen atoms in total. The molecule has 0 radical (unpaired) electrons. The SMILES string of the molecule is CC1CCC(N=NC2C[CH-]C(N=NC3C(OOO[S-])CC4CC(NC(O)NC5CCC6C(C[CH-]C(N=NC7CCC(N=NC8CC[CH-]CC8)CC7C)C6O)C5)CCC4C3O)CC2)CC1.[Na+].[Na+].[Na+].[Na+]. The first-order valence-electron chi connectivity index (χ1n) is 25.4. The largest absolute Gasteiger partial charge is 1.00 e. The van der Waals surface area contributed by atoms with Crippen LogP contribution >= 0.6 is 0 Å². The van der Waals surface area contributed by atoms with Crippen molar-refractivity contribution in [2.75, 3.05) is 0 Å². The number of nitrogens with zero attached hydrogens (tertiary/aromatic N) is 8. The first kappa shape index (κ1) is 63.0. The predicted molar refractivity (Wildman–Crippen MR) is 243 cm³/mol. The third kappa shape index (κ3) is 18.3. The van der Waals surface area contributed by atoms with Gasteiger partial charge in [0.15, 0.2) is 6.35 Å². The average Bonchev–Trinajstić information content (AvgIpc) is 3.30. The maximum Gasteiger partial charge on any atom is 1.00 e. The van der Waals surface area contributed by atoms with E-state index < -0.39 is 30.7 Å². The first-order valence-corrected chi connectivity index (χ1v) is 25.8. The van der Waals surface area contributed by atoms with Crippen molar-refractivity contribution in [2.24, 2.45) is 76.4 Å². The fourth-order valence-corrected chi connectivity index (χ4v) is 12.7. The third-order valence-corrected chi connectivity index (χ3v) is 16.7. The van der Waals surface area contributed by atoms with Crippen LogP contribution in [0.3, 0.4) is 0 Å². The summed E-state index contributed by atoms with van der Waals surface area (Å²) in [6, 6.07) is 0.714. The zero-order chi connectivity index (χ0) is 44.4. The van der Waals surface area contributed by atoms with Crippen molar-refractivity contribution in [3.05, 3.63) is 19.3 Å². The number of nitrogens with one attached hydrogen (secondary N) is 2. The van der Waals surface area contributed by atoms with Crippen LogP contribution in [0.25, 0.3) is 0 Å². The van der Waals surface area contributed by atoms with E-state index in [0.29, 0.717) is 30.3 Å². The van der Waals surface area contributed by atoms with E-state index in [9.17, 15) is 15.3 Å². The molecule has 21 heteroatoms. The van der Waals surface area contributed by atoms with E-state index in [1.165, 1.54) is 12.8 Å². The molecule has 8 aliphatic carbocycles. The van der Waals surface area contributed by atoms with Crippen LogP contribution in [0.15, 0.2) is 40.9 Å². The van der Waals surface area contributed by atoms with Crippen LogP contribution in [0.5, 0.6) is 0 Å². The number of hydrogen-bond donors (Lipinski definition) is 5. The van der Waals surface area contributed by atoms with Crippen molar-refractivity contribution >= 4 is 12.9 Å². The molecule has 0 aromatic carbocycles. The zero-order valence-electron chi connectivity index (χ0n) is 42.4. The molecule has 8 aliphatic rings. The van der Waals surface area contributed by atoms with E-state index in [2.05, 4.69) is 71.2 Å². The van der Waals surface area contributed by atoms with Gasteiger partial charge in [0.1, 0.15) is 12.1 Å². The predicted octanol–water partition coefficient (Wildman–Crippen LogP) is -3.57. The summed E-state index contributed by atoms with van der Waals surface area (Å²) in [6.07, 6.45) is 25.4. The molecule has 17 unspecified atom stereocenters. The summed E-state index contributed by atoms with van der Waals surface area (Å²) in [4.78, 5) is 5.57. The van der Waals surface area contributed by atoms with Crippen LogP contribution in [0.2, 0.25) is 0 Å². The Bertz CT molecular complexity index is 1550. The molecule has 0 aliphatic heterocycles. The molecule has 0 heterocycles. The fraction of sp³-hybridized carbons (Fsp3) is 0.936. The summed E-state index contributed by atoms with van der Waals surface area (Å²) in [6.45, 7) is 4.58. The second-order valence-corrected chi connectivity index (χ2v) is 21.4. The van der Waals surface area contributed by atoms with Crippen LogP contribution in [0.4, 0.5) is 0 Å². The molecule has 362 valence electrons. The first-order chi connectivity index (χ1) is 31.2. The molecular weight excluding hydrogens is 925 g/mol. The van der Waals surface area contributed by atoms with Crippen LogP contribution in [-0.4, -0.2) is 100 Å². The Hall–Kier alpha value is 2.43. The van der Waals surface area contributed by atoms with E-state index in [4.69, 9.17) is 40.6 Å². The van der Waals surface area contributed by atoms with Gasteiger partial charge in [-0.15, -0.1) is 0 Å². The summed E-state index contributed by atoms with van der Waals surface area (Å²) >= 11 is 4.53. The molecule has 0 amide bonds. The van der Waals surface area contributed by atoms with Crippen molar-refractivity contribution in [3.63, 3.8) is 0 Å². The number of rotatable bonds is 15. The Labute approximate surface area is 501 Å². The van der Waals surface area contributed by atoms with Gasteiger partial charge >= 0.3 is 118 Å². The Morgan fingerprint density at radius 3 is 1.85 bits per heavy atom. The molecule has 5 N–H and O–H groups in total. The van der Waals surface area contributed by atoms with Gasteiger partial charge in [-0.25, -0.2) is 15.1 Å². The Kier molecular flexibility index (Phi) is 29.8. The van der Waals surface area contributed by atoms with E-state index >= 15 is 0 Å². The second kappa shape index (κ2) is 32.2. The van der Waals surface area contributed by atoms with Crippen LogP contribution in [0.1, 0.15) is 155 Å². The minimum absolute atomic E-state index is 0. The maximum absolute atomic E-state index is 11.7. The monoisotopic (exact) mass is 1000 g/mol. The molecule has 0 bridgehead atoms. The van der Waals surface area contributed by atoms with Gasteiger partial charge in [0.25, 0.3) is 0 Å². The minimum atomic E-state index is -0.866. The molecule has 8 saturated carbocycles. The Morgan fingerprint density at radius 1 is 0.574 bits per heavy atom. The molecule has 0 aromatic heterocycles. The fourth-order valence-electron chi connectivity index (χ4n) is 12.7. The van der Waals surface area contributed by atoms with Crippen LogP contribution in [-0.2, 0) is 27.2 Å². The normalized spacial score (nSPS) is 42.0. The van der Waals surface area contributed by atoms with Gasteiger partial charge < -0.3 is 45.4 Å². The number of fused-ring (bicyclic) bond motifs is 2. The van der Waals surface area contributed by atoms with E-state index in [0.717, 1.165) is 128 Å². The standard InChI is InChI=1S/C47H79N10O6S.4Na/c1-28-8-11-33(12-9-28)51-52-34-13-15-35(16-14-34)53-57-44-43(61-62-63-64)27-31-26-37(18-21-40(31)46(44)59)49-47(60)48-36-17-20-39-30(25-36)10-22-42(45(39)58)56-55-41-23-19-38(24-29(41)2)54-50-32-6-4-3-5-7-32;;;;/h3,15,22,28-49,58-60,64H,4-14,16-21,23-27H2,1-2H3;;;;/q-3;4*+1/p-1. The molecule has 8 fully saturated rings. The smallest absolute Gasteiger partial charge is 0.579 e. The summed E-state index contributed by atoms with van der Waals surface area (Å²) in [5.74, 6) is 1.86. The molecule has 0 aromatic rings. The summed E-state index contributed by atoms with van der Waals surface area (Å²) < 4.78 is 4.39. The number of aliphatic hydroxyl groups excluding tert-OH is 3. The van der Waals surface area contributed by atoms with E-state index in [-0.39, 0.29) is 178 Å². The molecular formula is C47H78N10Na4O6S. The molecule has 68 heavy (non-hydrogen) atoms. The number of hydrogen-bond acceptors (Lipinski definition) is 17. The minimum Gasteiger partial charge on any atom is -0.579 e. The maximum atomic E-state index is 11.7.